The van der Waals surface area contributed by atoms with Crippen molar-refractivity contribution in [2.45, 2.75) is 13.8 Å². The Kier molecular flexibility index (Phi) is 5.13. The van der Waals surface area contributed by atoms with Gasteiger partial charge in [-0.3, -0.25) is 14.9 Å². The number of halogens is 1. The van der Waals surface area contributed by atoms with E-state index in [9.17, 15) is 14.9 Å². The van der Waals surface area contributed by atoms with E-state index in [0.717, 1.165) is 11.8 Å². The van der Waals surface area contributed by atoms with Crippen molar-refractivity contribution >= 4 is 34.2 Å². The number of aromatic nitrogens is 1. The number of aryl methyl sites for hydroxylation is 1. The van der Waals surface area contributed by atoms with Gasteiger partial charge >= 0.3 is 5.69 Å². The van der Waals surface area contributed by atoms with Gasteiger partial charge in [0.25, 0.3) is 0 Å². The van der Waals surface area contributed by atoms with E-state index in [2.05, 4.69) is 16.8 Å². The predicted octanol–water partition coefficient (Wildman–Crippen LogP) is 2.58. The van der Waals surface area contributed by atoms with Gasteiger partial charge in [0.05, 0.1) is 21.9 Å². The normalized spacial score (nSPS) is 9.50. The first kappa shape index (κ1) is 14.5. The molecule has 0 aliphatic heterocycles. The van der Waals surface area contributed by atoms with Gasteiger partial charge in [0.1, 0.15) is 0 Å². The van der Waals surface area contributed by atoms with Crippen LogP contribution in [0.3, 0.4) is 0 Å². The molecule has 0 aromatic carbocycles. The minimum Gasteiger partial charge on any atom is -0.288 e. The largest absolute Gasteiger partial charge is 0.307 e. The van der Waals surface area contributed by atoms with Crippen LogP contribution in [-0.4, -0.2) is 20.8 Å². The zero-order valence-electron chi connectivity index (χ0n) is 9.69. The fourth-order valence-electron chi connectivity index (χ4n) is 1.09. The molecule has 5 nitrogen and oxygen atoms in total. The Morgan fingerprint density at radius 2 is 2.33 bits per heavy atom. The predicted molar refractivity (Wildman–Crippen MR) is 70.7 cm³/mol. The van der Waals surface area contributed by atoms with Gasteiger partial charge in [0.15, 0.2) is 5.12 Å². The first-order chi connectivity index (χ1) is 8.41. The summed E-state index contributed by atoms with van der Waals surface area (Å²) in [4.78, 5) is 24.6. The number of hydrogen-bond acceptors (Lipinski definition) is 5. The van der Waals surface area contributed by atoms with Crippen LogP contribution in [-0.2, 0) is 4.79 Å². The topological polar surface area (TPSA) is 73.1 Å². The van der Waals surface area contributed by atoms with Crippen LogP contribution in [0.15, 0.2) is 6.07 Å². The fraction of sp³-hybridized carbons (Fsp3) is 0.273. The average Bonchev–Trinajstić information content (AvgIpc) is 2.25. The Hall–Kier alpha value is -1.58. The summed E-state index contributed by atoms with van der Waals surface area (Å²) in [6.07, 6.45) is 0. The lowest BCUT2D eigenvalue weighted by atomic mass is 10.2. The van der Waals surface area contributed by atoms with E-state index in [-0.39, 0.29) is 16.0 Å². The molecule has 0 N–H and O–H groups in total. The Morgan fingerprint density at radius 1 is 1.67 bits per heavy atom. The summed E-state index contributed by atoms with van der Waals surface area (Å²) < 4.78 is 0. The van der Waals surface area contributed by atoms with Gasteiger partial charge in [0, 0.05) is 13.0 Å². The summed E-state index contributed by atoms with van der Waals surface area (Å²) in [5.41, 5.74) is 0.687. The van der Waals surface area contributed by atoms with Gasteiger partial charge in [-0.1, -0.05) is 35.2 Å². The first-order valence-electron chi connectivity index (χ1n) is 4.85. The molecule has 0 fully saturated rings. The maximum Gasteiger partial charge on any atom is 0.307 e. The third-order valence-electron chi connectivity index (χ3n) is 1.92. The summed E-state index contributed by atoms with van der Waals surface area (Å²) in [7, 11) is 0. The van der Waals surface area contributed by atoms with E-state index in [4.69, 9.17) is 11.6 Å². The van der Waals surface area contributed by atoms with Crippen molar-refractivity contribution < 1.29 is 9.72 Å². The maximum absolute atomic E-state index is 10.7. The number of nitro groups is 1. The van der Waals surface area contributed by atoms with Crippen molar-refractivity contribution in [1.29, 1.82) is 0 Å². The first-order valence-corrected chi connectivity index (χ1v) is 6.22. The molecular formula is C11H9ClN2O3S. The van der Waals surface area contributed by atoms with Crippen LogP contribution in [0.2, 0.25) is 5.15 Å². The van der Waals surface area contributed by atoms with E-state index in [1.54, 1.807) is 6.92 Å². The minimum atomic E-state index is -0.607. The maximum atomic E-state index is 10.7. The van der Waals surface area contributed by atoms with E-state index in [0.29, 0.717) is 17.0 Å². The molecular weight excluding hydrogens is 276 g/mol. The molecule has 18 heavy (non-hydrogen) atoms. The standard InChI is InChI=1S/C11H9ClN2O3S/c1-7-9(4-3-5-18-8(2)15)6-10(14(16)17)11(12)13-7/h6H,5H2,1-2H3. The minimum absolute atomic E-state index is 0.0266. The molecule has 1 aromatic rings. The van der Waals surface area contributed by atoms with Crippen molar-refractivity contribution in [2.24, 2.45) is 0 Å². The number of pyridine rings is 1. The van der Waals surface area contributed by atoms with Crippen LogP contribution in [0.5, 0.6) is 0 Å². The third kappa shape index (κ3) is 4.02. The van der Waals surface area contributed by atoms with Crippen molar-refractivity contribution in [3.63, 3.8) is 0 Å². The van der Waals surface area contributed by atoms with Gasteiger partial charge in [0.2, 0.25) is 5.15 Å². The second-order valence-electron chi connectivity index (χ2n) is 3.27. The summed E-state index contributed by atoms with van der Waals surface area (Å²) in [5.74, 6) is 5.83. The van der Waals surface area contributed by atoms with E-state index in [1.165, 1.54) is 13.0 Å². The molecule has 0 saturated heterocycles. The molecule has 0 bridgehead atoms. The quantitative estimate of drug-likeness (QED) is 0.361. The van der Waals surface area contributed by atoms with Crippen molar-refractivity contribution in [2.75, 3.05) is 5.75 Å². The molecule has 0 amide bonds. The summed E-state index contributed by atoms with van der Waals surface area (Å²) in [6.45, 7) is 3.12. The number of rotatable bonds is 2. The highest BCUT2D eigenvalue weighted by Crippen LogP contribution is 2.24. The molecule has 0 saturated carbocycles. The highest BCUT2D eigenvalue weighted by molar-refractivity contribution is 8.13. The second-order valence-corrected chi connectivity index (χ2v) is 4.78. The fourth-order valence-corrected chi connectivity index (χ4v) is 1.69. The van der Waals surface area contributed by atoms with Gasteiger partial charge in [-0.05, 0) is 6.92 Å². The number of thioether (sulfide) groups is 1. The van der Waals surface area contributed by atoms with Crippen molar-refractivity contribution in [3.8, 4) is 11.8 Å². The van der Waals surface area contributed by atoms with Crippen LogP contribution < -0.4 is 0 Å². The van der Waals surface area contributed by atoms with Gasteiger partial charge in [-0.15, -0.1) is 0 Å². The number of carbonyl (C=O) groups excluding carboxylic acids is 1. The summed E-state index contributed by atoms with van der Waals surface area (Å²) >= 11 is 6.73. The van der Waals surface area contributed by atoms with Gasteiger partial charge in [-0.2, -0.15) is 0 Å². The molecule has 0 spiro atoms. The average molecular weight is 285 g/mol. The lowest BCUT2D eigenvalue weighted by molar-refractivity contribution is -0.385. The molecule has 1 rings (SSSR count). The van der Waals surface area contributed by atoms with E-state index < -0.39 is 4.92 Å². The zero-order chi connectivity index (χ0) is 13.7. The highest BCUT2D eigenvalue weighted by atomic mass is 35.5. The van der Waals surface area contributed by atoms with Crippen LogP contribution in [0, 0.1) is 28.9 Å². The molecule has 0 aliphatic rings. The highest BCUT2D eigenvalue weighted by Gasteiger charge is 2.15. The number of nitrogens with zero attached hydrogens (tertiary/aromatic N) is 2. The molecule has 94 valence electrons. The SMILES string of the molecule is CC(=O)SCC#Cc1cc([N+](=O)[O-])c(Cl)nc1C. The van der Waals surface area contributed by atoms with E-state index >= 15 is 0 Å². The van der Waals surface area contributed by atoms with Crippen LogP contribution >= 0.6 is 23.4 Å². The molecule has 0 atom stereocenters. The van der Waals surface area contributed by atoms with Gasteiger partial charge < -0.3 is 0 Å². The lowest BCUT2D eigenvalue weighted by Gasteiger charge is -1.99. The Morgan fingerprint density at radius 3 is 2.89 bits per heavy atom. The smallest absolute Gasteiger partial charge is 0.288 e. The van der Waals surface area contributed by atoms with Crippen LogP contribution in [0.4, 0.5) is 5.69 Å². The molecule has 1 heterocycles. The Balaban J connectivity index is 2.98. The molecule has 0 unspecified atom stereocenters. The molecule has 0 radical (unpaired) electrons. The molecule has 0 aliphatic carbocycles. The zero-order valence-corrected chi connectivity index (χ0v) is 11.3. The van der Waals surface area contributed by atoms with Crippen molar-refractivity contribution in [3.05, 3.63) is 32.6 Å². The third-order valence-corrected chi connectivity index (χ3v) is 2.89. The monoisotopic (exact) mass is 284 g/mol. The van der Waals surface area contributed by atoms with E-state index in [1.807, 2.05) is 0 Å². The Labute approximate surface area is 113 Å². The molecule has 7 heteroatoms. The van der Waals surface area contributed by atoms with Gasteiger partial charge in [-0.25, -0.2) is 4.98 Å². The number of carbonyl (C=O) groups is 1. The van der Waals surface area contributed by atoms with Crippen molar-refractivity contribution in [1.82, 2.24) is 4.98 Å². The summed E-state index contributed by atoms with van der Waals surface area (Å²) in [5, 5.41) is 10.5. The van der Waals surface area contributed by atoms with Crippen LogP contribution in [0.25, 0.3) is 0 Å². The lowest BCUT2D eigenvalue weighted by Crippen LogP contribution is -1.96. The Bertz CT molecular complexity index is 563. The number of hydrogen-bond donors (Lipinski definition) is 0. The van der Waals surface area contributed by atoms with Crippen LogP contribution in [0.1, 0.15) is 18.2 Å². The second kappa shape index (κ2) is 6.38. The summed E-state index contributed by atoms with van der Waals surface area (Å²) in [6, 6.07) is 1.29. The molecule has 1 aromatic heterocycles.